The molecule has 0 amide bonds. The Morgan fingerprint density at radius 1 is 1.22 bits per heavy atom. The third kappa shape index (κ3) is 2.65. The second-order valence-electron chi connectivity index (χ2n) is 6.04. The number of likely N-dealkylation sites (N-methyl/N-ethyl adjacent to an activating group) is 1. The fourth-order valence-electron chi connectivity index (χ4n) is 3.10. The van der Waals surface area contributed by atoms with Crippen LogP contribution in [0.2, 0.25) is 0 Å². The zero-order valence-electron chi connectivity index (χ0n) is 13.1. The van der Waals surface area contributed by atoms with Crippen LogP contribution >= 0.6 is 0 Å². The molecule has 0 spiro atoms. The van der Waals surface area contributed by atoms with Crippen molar-refractivity contribution in [1.82, 2.24) is 15.2 Å². The van der Waals surface area contributed by atoms with E-state index in [1.54, 1.807) is 0 Å². The summed E-state index contributed by atoms with van der Waals surface area (Å²) in [4.78, 5) is 6.89. The molecule has 0 bridgehead atoms. The predicted molar refractivity (Wildman–Crippen MR) is 92.5 cm³/mol. The molecule has 2 aromatic carbocycles. The fraction of sp³-hybridized carbons (Fsp3) is 0.222. The summed E-state index contributed by atoms with van der Waals surface area (Å²) < 4.78 is 0. The lowest BCUT2D eigenvalue weighted by atomic mass is 10.1. The number of nitrogens with one attached hydrogen (secondary N) is 1. The molecule has 0 atom stereocenters. The first-order chi connectivity index (χ1) is 11.2. The summed E-state index contributed by atoms with van der Waals surface area (Å²) in [5.74, 6) is 1.56. The third-order valence-corrected chi connectivity index (χ3v) is 4.32. The van der Waals surface area contributed by atoms with Crippen LogP contribution in [0.25, 0.3) is 11.4 Å². The van der Waals surface area contributed by atoms with Crippen molar-refractivity contribution in [3.05, 3.63) is 59.4 Å². The maximum Gasteiger partial charge on any atom is 0.181 e. The van der Waals surface area contributed by atoms with E-state index in [2.05, 4.69) is 45.3 Å². The van der Waals surface area contributed by atoms with Crippen LogP contribution in [0.5, 0.6) is 0 Å². The maximum atomic E-state index is 5.82. The first-order valence-electron chi connectivity index (χ1n) is 7.79. The molecule has 23 heavy (non-hydrogen) atoms. The molecule has 0 saturated carbocycles. The lowest BCUT2D eigenvalue weighted by Gasteiger charge is -2.11. The second-order valence-corrected chi connectivity index (χ2v) is 6.04. The van der Waals surface area contributed by atoms with Crippen molar-refractivity contribution in [3.63, 3.8) is 0 Å². The van der Waals surface area contributed by atoms with Gasteiger partial charge in [0.1, 0.15) is 5.82 Å². The maximum absolute atomic E-state index is 5.82. The quantitative estimate of drug-likeness (QED) is 0.730. The summed E-state index contributed by atoms with van der Waals surface area (Å²) in [5.41, 5.74) is 11.5. The van der Waals surface area contributed by atoms with Crippen molar-refractivity contribution in [2.24, 2.45) is 0 Å². The number of hydrogen-bond donors (Lipinski definition) is 2. The van der Waals surface area contributed by atoms with Crippen molar-refractivity contribution in [3.8, 4) is 11.4 Å². The molecule has 1 aromatic heterocycles. The number of anilines is 2. The molecule has 3 aromatic rings. The molecular weight excluding hydrogens is 286 g/mol. The van der Waals surface area contributed by atoms with Gasteiger partial charge in [-0.05, 0) is 35.7 Å². The Morgan fingerprint density at radius 3 is 3.00 bits per heavy atom. The van der Waals surface area contributed by atoms with E-state index in [9.17, 15) is 0 Å². The highest BCUT2D eigenvalue weighted by atomic mass is 15.2. The van der Waals surface area contributed by atoms with Gasteiger partial charge >= 0.3 is 0 Å². The van der Waals surface area contributed by atoms with Crippen molar-refractivity contribution in [1.29, 1.82) is 0 Å². The molecule has 116 valence electrons. The topological polar surface area (TPSA) is 70.8 Å². The van der Waals surface area contributed by atoms with E-state index in [1.165, 1.54) is 16.8 Å². The summed E-state index contributed by atoms with van der Waals surface area (Å²) in [6, 6.07) is 14.3. The molecular formula is C18H19N5. The van der Waals surface area contributed by atoms with Gasteiger partial charge in [0, 0.05) is 37.0 Å². The summed E-state index contributed by atoms with van der Waals surface area (Å²) >= 11 is 0. The van der Waals surface area contributed by atoms with Gasteiger partial charge in [-0.1, -0.05) is 24.3 Å². The monoisotopic (exact) mass is 305 g/mol. The zero-order chi connectivity index (χ0) is 15.8. The van der Waals surface area contributed by atoms with Crippen LogP contribution in [-0.2, 0) is 12.8 Å². The van der Waals surface area contributed by atoms with Crippen LogP contribution in [-0.4, -0.2) is 28.8 Å². The number of benzene rings is 2. The number of nitrogens with zero attached hydrogens (tertiary/aromatic N) is 3. The average molecular weight is 305 g/mol. The molecule has 0 unspecified atom stereocenters. The molecule has 1 aliphatic rings. The van der Waals surface area contributed by atoms with Crippen LogP contribution in [0.4, 0.5) is 11.4 Å². The number of nitrogen functional groups attached to an aromatic ring is 1. The Morgan fingerprint density at radius 2 is 2.13 bits per heavy atom. The smallest absolute Gasteiger partial charge is 0.181 e. The highest BCUT2D eigenvalue weighted by molar-refractivity contribution is 5.61. The van der Waals surface area contributed by atoms with Crippen molar-refractivity contribution in [2.45, 2.75) is 12.8 Å². The van der Waals surface area contributed by atoms with Gasteiger partial charge in [0.05, 0.1) is 0 Å². The Labute approximate surface area is 135 Å². The molecule has 0 fully saturated rings. The van der Waals surface area contributed by atoms with E-state index in [0.29, 0.717) is 5.82 Å². The van der Waals surface area contributed by atoms with E-state index in [0.717, 1.165) is 36.5 Å². The number of hydrogen-bond acceptors (Lipinski definition) is 4. The van der Waals surface area contributed by atoms with Crippen molar-refractivity contribution >= 4 is 11.4 Å². The molecule has 5 heteroatoms. The minimum atomic E-state index is 0.688. The molecule has 0 radical (unpaired) electrons. The van der Waals surface area contributed by atoms with E-state index >= 15 is 0 Å². The Hall–Kier alpha value is -2.82. The van der Waals surface area contributed by atoms with Crippen LogP contribution < -0.4 is 10.6 Å². The molecule has 0 saturated heterocycles. The van der Waals surface area contributed by atoms with Crippen LogP contribution in [0.1, 0.15) is 17.0 Å². The fourth-order valence-corrected chi connectivity index (χ4v) is 3.10. The van der Waals surface area contributed by atoms with Gasteiger partial charge in [0.2, 0.25) is 0 Å². The summed E-state index contributed by atoms with van der Waals surface area (Å²) in [6.07, 6.45) is 1.87. The molecule has 2 heterocycles. The molecule has 0 aliphatic carbocycles. The minimum Gasteiger partial charge on any atom is -0.399 e. The van der Waals surface area contributed by atoms with Crippen LogP contribution in [0.15, 0.2) is 42.5 Å². The lowest BCUT2D eigenvalue weighted by Crippen LogP contribution is -2.12. The number of H-pyrrole nitrogens is 1. The second kappa shape index (κ2) is 5.43. The Kier molecular flexibility index (Phi) is 3.26. The number of nitrogens with two attached hydrogens (primary N) is 1. The summed E-state index contributed by atoms with van der Waals surface area (Å²) in [5, 5.41) is 7.34. The van der Waals surface area contributed by atoms with Crippen molar-refractivity contribution in [2.75, 3.05) is 24.2 Å². The lowest BCUT2D eigenvalue weighted by molar-refractivity contribution is 0.954. The zero-order valence-corrected chi connectivity index (χ0v) is 13.1. The molecule has 4 rings (SSSR count). The summed E-state index contributed by atoms with van der Waals surface area (Å²) in [7, 11) is 2.14. The number of aromatic amines is 1. The van der Waals surface area contributed by atoms with Gasteiger partial charge in [-0.25, -0.2) is 4.98 Å². The Balaban J connectivity index is 1.56. The standard InChI is InChI=1S/C18H19N5/c1-23-8-7-13-9-12(5-6-16(13)23)10-17-20-18(22-21-17)14-3-2-4-15(19)11-14/h2-6,9,11H,7-8,10,19H2,1H3,(H,20,21,22). The van der Waals surface area contributed by atoms with E-state index in [-0.39, 0.29) is 0 Å². The van der Waals surface area contributed by atoms with Gasteiger partial charge in [0.15, 0.2) is 5.82 Å². The largest absolute Gasteiger partial charge is 0.399 e. The number of aromatic nitrogens is 3. The molecule has 5 nitrogen and oxygen atoms in total. The average Bonchev–Trinajstić information content (AvgIpc) is 3.15. The van der Waals surface area contributed by atoms with E-state index in [1.807, 2.05) is 24.3 Å². The van der Waals surface area contributed by atoms with Gasteiger partial charge in [-0.3, -0.25) is 5.10 Å². The van der Waals surface area contributed by atoms with Gasteiger partial charge in [-0.15, -0.1) is 0 Å². The predicted octanol–water partition coefficient (Wildman–Crippen LogP) is 2.64. The highest BCUT2D eigenvalue weighted by Gasteiger charge is 2.16. The molecule has 3 N–H and O–H groups in total. The first-order valence-corrected chi connectivity index (χ1v) is 7.79. The van der Waals surface area contributed by atoms with Gasteiger partial charge in [-0.2, -0.15) is 5.10 Å². The number of rotatable bonds is 3. The van der Waals surface area contributed by atoms with Gasteiger partial charge < -0.3 is 10.6 Å². The van der Waals surface area contributed by atoms with Crippen LogP contribution in [0.3, 0.4) is 0 Å². The third-order valence-electron chi connectivity index (χ3n) is 4.32. The summed E-state index contributed by atoms with van der Waals surface area (Å²) in [6.45, 7) is 1.10. The highest BCUT2D eigenvalue weighted by Crippen LogP contribution is 2.28. The number of fused-ring (bicyclic) bond motifs is 1. The van der Waals surface area contributed by atoms with E-state index < -0.39 is 0 Å². The van der Waals surface area contributed by atoms with Crippen LogP contribution in [0, 0.1) is 0 Å². The molecule has 1 aliphatic heterocycles. The Bertz CT molecular complexity index is 852. The van der Waals surface area contributed by atoms with E-state index in [4.69, 9.17) is 5.73 Å². The van der Waals surface area contributed by atoms with Gasteiger partial charge in [0.25, 0.3) is 0 Å². The SMILES string of the molecule is CN1CCc2cc(Cc3nc(-c4cccc(N)c4)n[nH]3)ccc21. The van der Waals surface area contributed by atoms with Crippen molar-refractivity contribution < 1.29 is 0 Å². The normalized spacial score (nSPS) is 13.3. The minimum absolute atomic E-state index is 0.688. The first kappa shape index (κ1) is 13.8.